The van der Waals surface area contributed by atoms with Crippen molar-refractivity contribution in [1.29, 1.82) is 0 Å². The van der Waals surface area contributed by atoms with Crippen LogP contribution in [0.25, 0.3) is 11.2 Å². The SMILES string of the molecule is CC(C)(COP(=O)([O-])OP(=O)([O-])OC[C@H]1O[C@@H](n2cnc3c(N)ncnc32)[C@H](O)[C@@H]1OP(=O)([O-])[O-])[C@@H](O)C(=O)NCCC(=O)NCCSC(=O)CC(O)[C@@H]1[C@H](O)CC[C@]2(C)C(=O)CC[C@@H]12. The van der Waals surface area contributed by atoms with Gasteiger partial charge in [0.25, 0.3) is 15.6 Å². The fourth-order valence-corrected chi connectivity index (χ4v) is 11.6. The summed E-state index contributed by atoms with van der Waals surface area (Å²) in [6.07, 6.45) is -8.23. The maximum absolute atomic E-state index is 12.7. The summed E-state index contributed by atoms with van der Waals surface area (Å²) in [6.45, 7) is 1.62. The van der Waals surface area contributed by atoms with Crippen molar-refractivity contribution in [3.05, 3.63) is 12.7 Å². The number of hydrogen-bond donors (Lipinski definition) is 7. The van der Waals surface area contributed by atoms with E-state index in [4.69, 9.17) is 10.5 Å². The number of amides is 2. The van der Waals surface area contributed by atoms with Gasteiger partial charge in [0, 0.05) is 54.9 Å². The van der Waals surface area contributed by atoms with E-state index in [0.717, 1.165) is 29.0 Å². The number of aliphatic hydroxyl groups is 4. The van der Waals surface area contributed by atoms with Gasteiger partial charge in [-0.2, -0.15) is 0 Å². The van der Waals surface area contributed by atoms with Crippen LogP contribution in [0.4, 0.5) is 5.82 Å². The van der Waals surface area contributed by atoms with Gasteiger partial charge in [0.05, 0.1) is 39.6 Å². The number of thioether (sulfide) groups is 1. The zero-order valence-corrected chi connectivity index (χ0v) is 38.6. The van der Waals surface area contributed by atoms with Crippen LogP contribution in [0.15, 0.2) is 12.7 Å². The number of rotatable bonds is 22. The normalized spacial score (nSPS) is 28.8. The quantitative estimate of drug-likeness (QED) is 0.0447. The Bertz CT molecular complexity index is 2220. The first-order valence-corrected chi connectivity index (χ1v) is 25.4. The molecule has 2 saturated carbocycles. The smallest absolute Gasteiger partial charge is 0.274 e. The molecule has 12 atom stereocenters. The third-order valence-electron chi connectivity index (χ3n) is 11.6. The lowest BCUT2D eigenvalue weighted by atomic mass is 9.61. The maximum atomic E-state index is 12.7. The van der Waals surface area contributed by atoms with Crippen molar-refractivity contribution in [1.82, 2.24) is 30.2 Å². The van der Waals surface area contributed by atoms with Crippen LogP contribution in [0, 0.1) is 22.7 Å². The van der Waals surface area contributed by atoms with Crippen molar-refractivity contribution in [2.75, 3.05) is 37.8 Å². The second kappa shape index (κ2) is 21.2. The van der Waals surface area contributed by atoms with Gasteiger partial charge in [-0.3, -0.25) is 32.9 Å². The van der Waals surface area contributed by atoms with E-state index in [-0.39, 0.29) is 65.5 Å². The molecular formula is C34H50N7O20P3S-4. The van der Waals surface area contributed by atoms with E-state index in [9.17, 15) is 72.9 Å². The zero-order valence-electron chi connectivity index (χ0n) is 35.1. The number of phosphoric acid groups is 3. The Morgan fingerprint density at radius 3 is 2.45 bits per heavy atom. The molecule has 0 spiro atoms. The van der Waals surface area contributed by atoms with E-state index in [1.165, 1.54) is 13.8 Å². The van der Waals surface area contributed by atoms with Gasteiger partial charge in [0.1, 0.15) is 42.0 Å². The number of phosphoric ester groups is 3. The molecule has 65 heavy (non-hydrogen) atoms. The number of aromatic nitrogens is 4. The molecule has 31 heteroatoms. The summed E-state index contributed by atoms with van der Waals surface area (Å²) >= 11 is 0.868. The average molecular weight is 1000 g/mol. The molecule has 27 nitrogen and oxygen atoms in total. The Morgan fingerprint density at radius 1 is 1.06 bits per heavy atom. The number of nitrogens with two attached hydrogens (primary N) is 1. The maximum Gasteiger partial charge on any atom is 0.274 e. The number of carbonyl (C=O) groups is 4. The second-order valence-electron chi connectivity index (χ2n) is 16.6. The summed E-state index contributed by atoms with van der Waals surface area (Å²) < 4.78 is 60.7. The van der Waals surface area contributed by atoms with E-state index in [1.54, 1.807) is 0 Å². The lowest BCUT2D eigenvalue weighted by molar-refractivity contribution is -0.347. The van der Waals surface area contributed by atoms with Crippen molar-refractivity contribution in [2.45, 2.75) is 102 Å². The van der Waals surface area contributed by atoms with Gasteiger partial charge >= 0.3 is 0 Å². The molecule has 3 fully saturated rings. The summed E-state index contributed by atoms with van der Waals surface area (Å²) in [4.78, 5) is 110. The monoisotopic (exact) mass is 1000 g/mol. The molecule has 0 radical (unpaired) electrons. The highest BCUT2D eigenvalue weighted by Gasteiger charge is 2.55. The molecule has 2 aromatic rings. The number of nitrogen functional groups attached to an aromatic ring is 1. The summed E-state index contributed by atoms with van der Waals surface area (Å²) in [5.74, 6) is -2.27. The number of ether oxygens (including phenoxy) is 1. The zero-order chi connectivity index (χ0) is 48.3. The van der Waals surface area contributed by atoms with Crippen molar-refractivity contribution >= 4 is 74.9 Å². The van der Waals surface area contributed by atoms with Crippen LogP contribution in [0.2, 0.25) is 0 Å². The molecular weight excluding hydrogens is 951 g/mol. The van der Waals surface area contributed by atoms with E-state index in [0.29, 0.717) is 25.7 Å². The number of ketones is 1. The number of nitrogens with one attached hydrogen (secondary N) is 2. The number of fused-ring (bicyclic) bond motifs is 2. The largest absolute Gasteiger partial charge is 0.790 e. The number of aliphatic hydroxyl groups excluding tert-OH is 4. The highest BCUT2D eigenvalue weighted by molar-refractivity contribution is 8.13. The Kier molecular flexibility index (Phi) is 17.3. The number of imidazole rings is 1. The van der Waals surface area contributed by atoms with Gasteiger partial charge in [-0.15, -0.1) is 0 Å². The third-order valence-corrected chi connectivity index (χ3v) is 15.5. The van der Waals surface area contributed by atoms with E-state index in [2.05, 4.69) is 43.5 Å². The highest BCUT2D eigenvalue weighted by atomic mass is 32.2. The van der Waals surface area contributed by atoms with Crippen LogP contribution < -0.4 is 35.9 Å². The van der Waals surface area contributed by atoms with E-state index >= 15 is 0 Å². The Morgan fingerprint density at radius 2 is 1.75 bits per heavy atom. The lowest BCUT2D eigenvalue weighted by Gasteiger charge is -2.45. The topological polar surface area (TPSA) is 432 Å². The first-order chi connectivity index (χ1) is 30.1. The molecule has 0 bridgehead atoms. The van der Waals surface area contributed by atoms with E-state index in [1.807, 2.05) is 6.92 Å². The molecule has 3 heterocycles. The molecule has 3 unspecified atom stereocenters. The Balaban J connectivity index is 1.01. The predicted octanol–water partition coefficient (Wildman–Crippen LogP) is -3.36. The second-order valence-corrected chi connectivity index (χ2v) is 21.9. The molecule has 0 aromatic carbocycles. The molecule has 2 aliphatic carbocycles. The molecule has 3 aliphatic rings. The molecule has 2 aromatic heterocycles. The van der Waals surface area contributed by atoms with Gasteiger partial charge in [0.15, 0.2) is 22.8 Å². The first-order valence-electron chi connectivity index (χ1n) is 20.0. The molecule has 366 valence electrons. The Hall–Kier alpha value is -2.85. The average Bonchev–Trinajstić information content (AvgIpc) is 3.86. The van der Waals surface area contributed by atoms with Crippen LogP contribution in [0.3, 0.4) is 0 Å². The molecule has 1 saturated heterocycles. The summed E-state index contributed by atoms with van der Waals surface area (Å²) in [5.41, 5.74) is 3.38. The number of nitrogens with zero attached hydrogens (tertiary/aromatic N) is 4. The molecule has 1 aliphatic heterocycles. The Labute approximate surface area is 375 Å². The van der Waals surface area contributed by atoms with Gasteiger partial charge in [0.2, 0.25) is 11.8 Å². The summed E-state index contributed by atoms with van der Waals surface area (Å²) in [6, 6.07) is 0. The number of hydrogen-bond acceptors (Lipinski definition) is 25. The fourth-order valence-electron chi connectivity index (χ4n) is 8.11. The summed E-state index contributed by atoms with van der Waals surface area (Å²) in [5, 5.41) is 47.4. The molecule has 2 amide bonds. The molecule has 5 rings (SSSR count). The van der Waals surface area contributed by atoms with Crippen LogP contribution in [0.1, 0.15) is 65.5 Å². The highest BCUT2D eigenvalue weighted by Crippen LogP contribution is 2.57. The van der Waals surface area contributed by atoms with Crippen molar-refractivity contribution in [3.8, 4) is 0 Å². The first kappa shape index (κ1) is 53.1. The van der Waals surface area contributed by atoms with Crippen LogP contribution in [-0.2, 0) is 55.5 Å². The summed E-state index contributed by atoms with van der Waals surface area (Å²) in [7, 11) is -17.7. The van der Waals surface area contributed by atoms with E-state index < -0.39 is 108 Å². The van der Waals surface area contributed by atoms with Crippen molar-refractivity contribution in [3.63, 3.8) is 0 Å². The minimum Gasteiger partial charge on any atom is -0.790 e. The van der Waals surface area contributed by atoms with Gasteiger partial charge in [-0.05, 0) is 25.2 Å². The number of Topliss-reactive ketones (excluding diaryl/α,β-unsaturated/α-hetero) is 1. The third kappa shape index (κ3) is 13.4. The van der Waals surface area contributed by atoms with Gasteiger partial charge < -0.3 is 79.2 Å². The number of anilines is 1. The van der Waals surface area contributed by atoms with Crippen LogP contribution >= 0.6 is 35.2 Å². The van der Waals surface area contributed by atoms with Crippen molar-refractivity contribution < 1.29 is 95.5 Å². The lowest BCUT2D eigenvalue weighted by Crippen LogP contribution is -2.49. The standard InChI is InChI=1S/C34H54N7O20P3S/c1-33(2,28(48)31(49)37-9-7-22(45)36-10-11-65-23(46)12-19(43)24-17-4-5-21(44)34(17,3)8-6-18(24)42)14-58-64(55,56)61-63(53,54)57-13-20-27(60-62(50,51)52)26(47)32(59-20)41-16-40-25-29(35)38-15-39-30(25)41/h15-20,24,26-28,32,42-43,47-48H,4-14H2,1-3H3,(H,36,45)(H,37,49)(H,53,54)(H,55,56)(H2,35,38,39)(H2,50,51,52)/p-4/t17-,18+,19?,20+,24-,26+,27+,28-,32+,34-/m0/s1. The van der Waals surface area contributed by atoms with Gasteiger partial charge in [-0.25, -0.2) is 19.3 Å². The van der Waals surface area contributed by atoms with Crippen molar-refractivity contribution in [2.24, 2.45) is 22.7 Å². The number of carbonyl (C=O) groups excluding carboxylic acids is 4. The minimum absolute atomic E-state index is 0.0311. The predicted molar refractivity (Wildman–Crippen MR) is 213 cm³/mol. The fraction of sp³-hybridized carbons (Fsp3) is 0.735. The van der Waals surface area contributed by atoms with Crippen LogP contribution in [0.5, 0.6) is 0 Å². The molecule has 8 N–H and O–H groups in total. The minimum atomic E-state index is -5.95. The van der Waals surface area contributed by atoms with Crippen LogP contribution in [-0.4, -0.2) is 131 Å². The van der Waals surface area contributed by atoms with Gasteiger partial charge in [-0.1, -0.05) is 32.5 Å².